The molecule has 9 heteroatoms. The van der Waals surface area contributed by atoms with Crippen LogP contribution in [0.1, 0.15) is 33.6 Å². The Bertz CT molecular complexity index is 1070. The molecule has 1 spiro atoms. The zero-order valence-corrected chi connectivity index (χ0v) is 20.8. The highest BCUT2D eigenvalue weighted by molar-refractivity contribution is 6.30. The lowest BCUT2D eigenvalue weighted by atomic mass is 9.96. The van der Waals surface area contributed by atoms with Gasteiger partial charge in [-0.1, -0.05) is 35.9 Å². The van der Waals surface area contributed by atoms with E-state index in [0.29, 0.717) is 55.2 Å². The zero-order chi connectivity index (χ0) is 25.0. The topological polar surface area (TPSA) is 82.2 Å². The lowest BCUT2D eigenvalue weighted by molar-refractivity contribution is -0.128. The first-order valence-corrected chi connectivity index (χ1v) is 12.2. The Morgan fingerprint density at radius 2 is 1.71 bits per heavy atom. The number of benzene rings is 2. The van der Waals surface area contributed by atoms with E-state index in [9.17, 15) is 14.4 Å². The number of carbonyl (C=O) groups excluding carboxylic acids is 3. The fraction of sp³-hybridized carbons (Fsp3) is 0.423. The van der Waals surface area contributed by atoms with Crippen molar-refractivity contribution >= 4 is 29.3 Å². The van der Waals surface area contributed by atoms with Crippen LogP contribution < -0.4 is 5.32 Å². The minimum absolute atomic E-state index is 0.112. The smallest absolute Gasteiger partial charge is 0.256 e. The number of nitrogens with zero attached hydrogens (tertiary/aromatic N) is 3. The first-order valence-electron chi connectivity index (χ1n) is 11.8. The number of nitrogens with one attached hydrogen (secondary N) is 1. The van der Waals surface area contributed by atoms with E-state index >= 15 is 0 Å². The number of likely N-dealkylation sites (tertiary alicyclic amines) is 1. The summed E-state index contributed by atoms with van der Waals surface area (Å²) >= 11 is 6.06. The van der Waals surface area contributed by atoms with Crippen molar-refractivity contribution in [1.82, 2.24) is 20.0 Å². The van der Waals surface area contributed by atoms with E-state index < -0.39 is 11.8 Å². The molecule has 0 aliphatic carbocycles. The Labute approximate surface area is 210 Å². The number of hydrogen-bond acceptors (Lipinski definition) is 5. The van der Waals surface area contributed by atoms with E-state index in [0.717, 1.165) is 0 Å². The van der Waals surface area contributed by atoms with Gasteiger partial charge in [0.25, 0.3) is 11.8 Å². The molecule has 35 heavy (non-hydrogen) atoms. The summed E-state index contributed by atoms with van der Waals surface area (Å²) in [4.78, 5) is 45.1. The molecule has 1 atom stereocenters. The number of likely N-dealkylation sites (N-methyl/N-ethyl adjacent to an activating group) is 1. The van der Waals surface area contributed by atoms with Gasteiger partial charge in [0.05, 0.1) is 6.61 Å². The van der Waals surface area contributed by atoms with Crippen molar-refractivity contribution < 1.29 is 19.1 Å². The van der Waals surface area contributed by atoms with Crippen LogP contribution in [0.2, 0.25) is 5.02 Å². The van der Waals surface area contributed by atoms with Crippen molar-refractivity contribution in [2.75, 3.05) is 46.9 Å². The van der Waals surface area contributed by atoms with Crippen molar-refractivity contribution in [3.8, 4) is 0 Å². The summed E-state index contributed by atoms with van der Waals surface area (Å²) in [7, 11) is 3.87. The SMILES string of the molecule is CN(C)CCNC(=O)C1COC2(CCN(C(=O)c3cccc(Cl)c3)CC2)N1C(=O)c1ccccc1. The summed E-state index contributed by atoms with van der Waals surface area (Å²) in [5.41, 5.74) is 0.0822. The van der Waals surface area contributed by atoms with E-state index in [-0.39, 0.29) is 24.3 Å². The van der Waals surface area contributed by atoms with Gasteiger partial charge in [-0.2, -0.15) is 0 Å². The second kappa shape index (κ2) is 10.8. The number of piperidine rings is 1. The molecule has 2 saturated heterocycles. The van der Waals surface area contributed by atoms with Crippen LogP contribution in [0.25, 0.3) is 0 Å². The molecule has 0 radical (unpaired) electrons. The van der Waals surface area contributed by atoms with Crippen molar-refractivity contribution in [2.45, 2.75) is 24.6 Å². The molecule has 8 nitrogen and oxygen atoms in total. The van der Waals surface area contributed by atoms with Crippen LogP contribution in [0.3, 0.4) is 0 Å². The van der Waals surface area contributed by atoms with Crippen LogP contribution in [0.4, 0.5) is 0 Å². The van der Waals surface area contributed by atoms with Crippen LogP contribution in [0, 0.1) is 0 Å². The van der Waals surface area contributed by atoms with Crippen molar-refractivity contribution in [3.05, 3.63) is 70.7 Å². The molecule has 2 aliphatic rings. The molecule has 2 aliphatic heterocycles. The van der Waals surface area contributed by atoms with E-state index in [1.54, 1.807) is 58.3 Å². The minimum Gasteiger partial charge on any atom is -0.353 e. The Hall–Kier alpha value is -2.94. The highest BCUT2D eigenvalue weighted by Crippen LogP contribution is 2.38. The zero-order valence-electron chi connectivity index (χ0n) is 20.1. The van der Waals surface area contributed by atoms with Crippen LogP contribution in [-0.4, -0.2) is 91.1 Å². The number of amides is 3. The Morgan fingerprint density at radius 1 is 1.03 bits per heavy atom. The van der Waals surface area contributed by atoms with Gasteiger partial charge in [0.2, 0.25) is 5.91 Å². The first kappa shape index (κ1) is 25.2. The molecule has 0 bridgehead atoms. The van der Waals surface area contributed by atoms with Gasteiger partial charge in [0.15, 0.2) is 0 Å². The highest BCUT2D eigenvalue weighted by Gasteiger charge is 2.54. The van der Waals surface area contributed by atoms with Gasteiger partial charge >= 0.3 is 0 Å². The predicted octanol–water partition coefficient (Wildman–Crippen LogP) is 2.49. The predicted molar refractivity (Wildman–Crippen MR) is 133 cm³/mol. The number of halogens is 1. The highest BCUT2D eigenvalue weighted by atomic mass is 35.5. The van der Waals surface area contributed by atoms with Gasteiger partial charge in [-0.15, -0.1) is 0 Å². The maximum atomic E-state index is 13.7. The van der Waals surface area contributed by atoms with Crippen molar-refractivity contribution in [3.63, 3.8) is 0 Å². The lowest BCUT2D eigenvalue weighted by Crippen LogP contribution is -2.60. The molecular formula is C26H31ClN4O4. The van der Waals surface area contributed by atoms with Gasteiger partial charge in [0, 0.05) is 55.2 Å². The van der Waals surface area contributed by atoms with Gasteiger partial charge in [-0.25, -0.2) is 0 Å². The van der Waals surface area contributed by atoms with Crippen LogP contribution in [-0.2, 0) is 9.53 Å². The summed E-state index contributed by atoms with van der Waals surface area (Å²) in [5, 5.41) is 3.44. The van der Waals surface area contributed by atoms with Crippen LogP contribution in [0.5, 0.6) is 0 Å². The number of ether oxygens (including phenoxy) is 1. The molecule has 2 fully saturated rings. The molecule has 4 rings (SSSR count). The third-order valence-corrected chi connectivity index (χ3v) is 6.80. The molecule has 3 amide bonds. The standard InChI is InChI=1S/C26H31ClN4O4/c1-29(2)16-13-28-23(32)22-18-35-26(31(22)25(34)19-7-4-3-5-8-19)11-14-30(15-12-26)24(33)20-9-6-10-21(27)17-20/h3-10,17,22H,11-16,18H2,1-2H3,(H,28,32). The monoisotopic (exact) mass is 498 g/mol. The van der Waals surface area contributed by atoms with Gasteiger partial charge in [-0.3, -0.25) is 19.3 Å². The molecule has 0 saturated carbocycles. The number of rotatable bonds is 6. The summed E-state index contributed by atoms with van der Waals surface area (Å²) in [6, 6.07) is 15.1. The first-order chi connectivity index (χ1) is 16.8. The molecule has 0 aromatic heterocycles. The summed E-state index contributed by atoms with van der Waals surface area (Å²) in [5.74, 6) is -0.588. The van der Waals surface area contributed by atoms with Gasteiger partial charge in [-0.05, 0) is 44.4 Å². The molecule has 2 aromatic rings. The quantitative estimate of drug-likeness (QED) is 0.661. The molecular weight excluding hydrogens is 468 g/mol. The second-order valence-corrected chi connectivity index (χ2v) is 9.65. The maximum Gasteiger partial charge on any atom is 0.256 e. The average molecular weight is 499 g/mol. The number of carbonyl (C=O) groups is 3. The lowest BCUT2D eigenvalue weighted by Gasteiger charge is -2.44. The second-order valence-electron chi connectivity index (χ2n) is 9.21. The Kier molecular flexibility index (Phi) is 7.74. The third-order valence-electron chi connectivity index (χ3n) is 6.56. The van der Waals surface area contributed by atoms with E-state index in [4.69, 9.17) is 16.3 Å². The largest absolute Gasteiger partial charge is 0.353 e. The maximum absolute atomic E-state index is 13.7. The third kappa shape index (κ3) is 5.50. The fourth-order valence-electron chi connectivity index (χ4n) is 4.67. The van der Waals surface area contributed by atoms with Crippen LogP contribution >= 0.6 is 11.6 Å². The molecule has 2 heterocycles. The Balaban J connectivity index is 1.53. The molecule has 1 unspecified atom stereocenters. The van der Waals surface area contributed by atoms with E-state index in [1.807, 2.05) is 25.1 Å². The van der Waals surface area contributed by atoms with E-state index in [1.165, 1.54) is 0 Å². The molecule has 2 aromatic carbocycles. The fourth-order valence-corrected chi connectivity index (χ4v) is 4.86. The van der Waals surface area contributed by atoms with Crippen molar-refractivity contribution in [2.24, 2.45) is 0 Å². The summed E-state index contributed by atoms with van der Waals surface area (Å²) in [6.45, 7) is 2.09. The minimum atomic E-state index is -0.943. The molecule has 1 N–H and O–H groups in total. The number of hydrogen-bond donors (Lipinski definition) is 1. The summed E-state index contributed by atoms with van der Waals surface area (Å²) in [6.07, 6.45) is 0.832. The van der Waals surface area contributed by atoms with Crippen molar-refractivity contribution in [1.29, 1.82) is 0 Å². The Morgan fingerprint density at radius 3 is 2.37 bits per heavy atom. The van der Waals surface area contributed by atoms with Gasteiger partial charge in [0.1, 0.15) is 11.8 Å². The normalized spacial score (nSPS) is 19.3. The van der Waals surface area contributed by atoms with Crippen LogP contribution in [0.15, 0.2) is 54.6 Å². The van der Waals surface area contributed by atoms with E-state index in [2.05, 4.69) is 5.32 Å². The average Bonchev–Trinajstić information content (AvgIpc) is 3.22. The molecule has 186 valence electrons. The van der Waals surface area contributed by atoms with Gasteiger partial charge < -0.3 is 19.9 Å². The summed E-state index contributed by atoms with van der Waals surface area (Å²) < 4.78 is 6.23.